The van der Waals surface area contributed by atoms with Crippen LogP contribution in [-0.4, -0.2) is 20.3 Å². The topological polar surface area (TPSA) is 60.4 Å². The van der Waals surface area contributed by atoms with Gasteiger partial charge in [-0.1, -0.05) is 12.1 Å². The van der Waals surface area contributed by atoms with Gasteiger partial charge in [-0.2, -0.15) is 0 Å². The third-order valence-electron chi connectivity index (χ3n) is 4.23. The van der Waals surface area contributed by atoms with Crippen molar-refractivity contribution in [3.63, 3.8) is 0 Å². The Balaban J connectivity index is 1.60. The lowest BCUT2D eigenvalue weighted by molar-refractivity contribution is 0.138. The summed E-state index contributed by atoms with van der Waals surface area (Å²) in [6.07, 6.45) is 4.62. The molecule has 1 aliphatic heterocycles. The van der Waals surface area contributed by atoms with Crippen LogP contribution in [0.3, 0.4) is 0 Å². The largest absolute Gasteiger partial charge is 0.487 e. The van der Waals surface area contributed by atoms with E-state index < -0.39 is 0 Å². The third kappa shape index (κ3) is 2.71. The zero-order chi connectivity index (χ0) is 16.7. The monoisotopic (exact) mass is 324 g/mol. The van der Waals surface area contributed by atoms with Crippen LogP contribution in [0.2, 0.25) is 0 Å². The van der Waals surface area contributed by atoms with Gasteiger partial charge in [-0.25, -0.2) is 4.98 Å². The number of hydrogen-bond donors (Lipinski definition) is 1. The molecule has 1 aliphatic rings. The van der Waals surface area contributed by atoms with E-state index in [-0.39, 0.29) is 12.2 Å². The molecule has 0 unspecified atom stereocenters. The van der Waals surface area contributed by atoms with Crippen LogP contribution in [0.25, 0.3) is 11.6 Å². The first-order valence-electron chi connectivity index (χ1n) is 8.06. The number of hydrogen-bond acceptors (Lipinski definition) is 4. The minimum atomic E-state index is -0.129. The van der Waals surface area contributed by atoms with Gasteiger partial charge in [0.1, 0.15) is 23.7 Å². The number of furan rings is 1. The zero-order valence-corrected chi connectivity index (χ0v) is 13.8. The molecule has 0 bridgehead atoms. The van der Waals surface area contributed by atoms with Crippen molar-refractivity contribution < 1.29 is 14.3 Å². The number of aromatic nitrogens is 2. The number of aliphatic hydroxyl groups excluding tert-OH is 1. The molecule has 3 aromatic rings. The summed E-state index contributed by atoms with van der Waals surface area (Å²) in [6, 6.07) is 9.94. The molecule has 24 heavy (non-hydrogen) atoms. The van der Waals surface area contributed by atoms with Crippen LogP contribution in [-0.2, 0) is 19.6 Å². The first-order valence-corrected chi connectivity index (χ1v) is 8.06. The SMILES string of the molecule is CC1(C)Cc2cc(Cn3ccnc3-c3ccc(CO)o3)ccc2O1. The Morgan fingerprint density at radius 3 is 2.92 bits per heavy atom. The highest BCUT2D eigenvalue weighted by Gasteiger charge is 2.29. The molecule has 0 fully saturated rings. The molecule has 0 radical (unpaired) electrons. The van der Waals surface area contributed by atoms with Gasteiger partial charge in [-0.3, -0.25) is 0 Å². The molecule has 0 atom stereocenters. The Kier molecular flexibility index (Phi) is 3.46. The van der Waals surface area contributed by atoms with Crippen LogP contribution in [0.15, 0.2) is 47.1 Å². The summed E-state index contributed by atoms with van der Waals surface area (Å²) >= 11 is 0. The van der Waals surface area contributed by atoms with Gasteiger partial charge >= 0.3 is 0 Å². The number of benzene rings is 1. The molecule has 4 rings (SSSR count). The Bertz CT molecular complexity index is 876. The van der Waals surface area contributed by atoms with Crippen molar-refractivity contribution in [3.8, 4) is 17.3 Å². The van der Waals surface area contributed by atoms with Gasteiger partial charge in [0.2, 0.25) is 0 Å². The minimum Gasteiger partial charge on any atom is -0.487 e. The van der Waals surface area contributed by atoms with Crippen molar-refractivity contribution in [2.24, 2.45) is 0 Å². The van der Waals surface area contributed by atoms with Crippen LogP contribution < -0.4 is 4.74 Å². The van der Waals surface area contributed by atoms with Crippen molar-refractivity contribution in [1.82, 2.24) is 9.55 Å². The minimum absolute atomic E-state index is 0.110. The van der Waals surface area contributed by atoms with E-state index in [2.05, 4.69) is 31.0 Å². The molecule has 0 saturated carbocycles. The Morgan fingerprint density at radius 2 is 2.12 bits per heavy atom. The normalized spacial score (nSPS) is 15.3. The number of nitrogens with zero attached hydrogens (tertiary/aromatic N) is 2. The molecule has 3 heterocycles. The van der Waals surface area contributed by atoms with E-state index in [0.717, 1.165) is 18.0 Å². The van der Waals surface area contributed by atoms with E-state index in [1.807, 2.05) is 22.9 Å². The molecule has 1 N–H and O–H groups in total. The van der Waals surface area contributed by atoms with Crippen LogP contribution in [0, 0.1) is 0 Å². The summed E-state index contributed by atoms with van der Waals surface area (Å²) in [4.78, 5) is 4.39. The van der Waals surface area contributed by atoms with E-state index >= 15 is 0 Å². The molecule has 0 saturated heterocycles. The average molecular weight is 324 g/mol. The maximum atomic E-state index is 9.15. The Morgan fingerprint density at radius 1 is 1.25 bits per heavy atom. The number of fused-ring (bicyclic) bond motifs is 1. The standard InChI is InChI=1S/C19H20N2O3/c1-19(2)10-14-9-13(3-5-16(14)24-19)11-21-8-7-20-18(21)17-6-4-15(12-22)23-17/h3-9,22H,10-12H2,1-2H3. The fourth-order valence-corrected chi connectivity index (χ4v) is 3.20. The smallest absolute Gasteiger partial charge is 0.176 e. The maximum absolute atomic E-state index is 9.15. The van der Waals surface area contributed by atoms with Crippen molar-refractivity contribution in [2.45, 2.75) is 39.0 Å². The molecule has 0 amide bonds. The van der Waals surface area contributed by atoms with Crippen LogP contribution >= 0.6 is 0 Å². The lowest BCUT2D eigenvalue weighted by Gasteiger charge is -2.16. The van der Waals surface area contributed by atoms with Crippen LogP contribution in [0.5, 0.6) is 5.75 Å². The number of ether oxygens (including phenoxy) is 1. The lowest BCUT2D eigenvalue weighted by atomic mass is 10.0. The van der Waals surface area contributed by atoms with E-state index in [1.54, 1.807) is 12.3 Å². The highest BCUT2D eigenvalue weighted by atomic mass is 16.5. The fraction of sp³-hybridized carbons (Fsp3) is 0.316. The van der Waals surface area contributed by atoms with Gasteiger partial charge in [-0.05, 0) is 43.2 Å². The summed E-state index contributed by atoms with van der Waals surface area (Å²) in [6.45, 7) is 4.81. The molecule has 1 aromatic carbocycles. The summed E-state index contributed by atoms with van der Waals surface area (Å²) in [7, 11) is 0. The predicted molar refractivity (Wildman–Crippen MR) is 89.8 cm³/mol. The molecule has 2 aromatic heterocycles. The van der Waals surface area contributed by atoms with E-state index in [1.165, 1.54) is 11.1 Å². The van der Waals surface area contributed by atoms with Gasteiger partial charge < -0.3 is 18.8 Å². The van der Waals surface area contributed by atoms with Crippen molar-refractivity contribution in [3.05, 3.63) is 59.6 Å². The van der Waals surface area contributed by atoms with E-state index in [4.69, 9.17) is 14.3 Å². The average Bonchev–Trinajstić information content (AvgIpc) is 3.23. The second-order valence-electron chi connectivity index (χ2n) is 6.78. The van der Waals surface area contributed by atoms with E-state index in [9.17, 15) is 0 Å². The van der Waals surface area contributed by atoms with Crippen molar-refractivity contribution in [1.29, 1.82) is 0 Å². The third-order valence-corrected chi connectivity index (χ3v) is 4.23. The second kappa shape index (κ2) is 5.53. The molecular formula is C19H20N2O3. The molecule has 5 nitrogen and oxygen atoms in total. The fourth-order valence-electron chi connectivity index (χ4n) is 3.20. The van der Waals surface area contributed by atoms with E-state index in [0.29, 0.717) is 18.1 Å². The van der Waals surface area contributed by atoms with Gasteiger partial charge in [0.25, 0.3) is 0 Å². The summed E-state index contributed by atoms with van der Waals surface area (Å²) in [5.41, 5.74) is 2.32. The summed E-state index contributed by atoms with van der Waals surface area (Å²) in [5.74, 6) is 2.94. The molecule has 124 valence electrons. The first kappa shape index (κ1) is 15.0. The zero-order valence-electron chi connectivity index (χ0n) is 13.8. The molecule has 0 aliphatic carbocycles. The first-order chi connectivity index (χ1) is 11.5. The van der Waals surface area contributed by atoms with Crippen molar-refractivity contribution >= 4 is 0 Å². The highest BCUT2D eigenvalue weighted by Crippen LogP contribution is 2.35. The summed E-state index contributed by atoms with van der Waals surface area (Å²) in [5, 5.41) is 9.15. The maximum Gasteiger partial charge on any atom is 0.176 e. The van der Waals surface area contributed by atoms with Crippen LogP contribution in [0.4, 0.5) is 0 Å². The lowest BCUT2D eigenvalue weighted by Crippen LogP contribution is -2.24. The Hall–Kier alpha value is -2.53. The van der Waals surface area contributed by atoms with Gasteiger partial charge in [0, 0.05) is 25.4 Å². The molecular weight excluding hydrogens is 304 g/mol. The van der Waals surface area contributed by atoms with Crippen LogP contribution in [0.1, 0.15) is 30.7 Å². The van der Waals surface area contributed by atoms with Gasteiger partial charge in [-0.15, -0.1) is 0 Å². The number of rotatable bonds is 4. The number of imidazole rings is 1. The second-order valence-corrected chi connectivity index (χ2v) is 6.78. The summed E-state index contributed by atoms with van der Waals surface area (Å²) < 4.78 is 13.6. The van der Waals surface area contributed by atoms with Crippen molar-refractivity contribution in [2.75, 3.05) is 0 Å². The molecule has 5 heteroatoms. The van der Waals surface area contributed by atoms with Gasteiger partial charge in [0.15, 0.2) is 11.6 Å². The molecule has 0 spiro atoms. The predicted octanol–water partition coefficient (Wildman–Crippen LogP) is 3.40. The number of aliphatic hydroxyl groups is 1. The Labute approximate surface area is 140 Å². The highest BCUT2D eigenvalue weighted by molar-refractivity contribution is 5.48. The van der Waals surface area contributed by atoms with Gasteiger partial charge in [0.05, 0.1) is 0 Å². The quantitative estimate of drug-likeness (QED) is 0.799.